The number of ether oxygens (including phenoxy) is 2. The van der Waals surface area contributed by atoms with Crippen LogP contribution in [0, 0.1) is 0 Å². The summed E-state index contributed by atoms with van der Waals surface area (Å²) in [5, 5.41) is 2.96. The summed E-state index contributed by atoms with van der Waals surface area (Å²) in [4.78, 5) is 14.4. The van der Waals surface area contributed by atoms with Gasteiger partial charge < -0.3 is 14.8 Å². The number of carbonyl (C=O) groups is 1. The highest BCUT2D eigenvalue weighted by molar-refractivity contribution is 5.94. The second-order valence-corrected chi connectivity index (χ2v) is 5.44. The van der Waals surface area contributed by atoms with E-state index >= 15 is 0 Å². The minimum Gasteiger partial charge on any atom is -0.494 e. The van der Waals surface area contributed by atoms with Gasteiger partial charge in [0, 0.05) is 31.7 Å². The first-order valence-electron chi connectivity index (χ1n) is 8.10. The van der Waals surface area contributed by atoms with Gasteiger partial charge >= 0.3 is 0 Å². The summed E-state index contributed by atoms with van der Waals surface area (Å²) < 4.78 is 10.9. The lowest BCUT2D eigenvalue weighted by Gasteiger charge is -2.26. The van der Waals surface area contributed by atoms with Gasteiger partial charge in [0.2, 0.25) is 0 Å². The minimum atomic E-state index is -0.0339. The van der Waals surface area contributed by atoms with Crippen LogP contribution in [0.3, 0.4) is 0 Å². The Morgan fingerprint density at radius 3 is 2.68 bits per heavy atom. The average molecular weight is 306 g/mol. The number of hydrogen-bond donors (Lipinski definition) is 1. The van der Waals surface area contributed by atoms with Gasteiger partial charge in [0.25, 0.3) is 5.91 Å². The number of rotatable bonds is 8. The summed E-state index contributed by atoms with van der Waals surface area (Å²) in [6.07, 6.45) is 2.16. The Bertz CT molecular complexity index is 442. The first-order chi connectivity index (χ1) is 10.8. The van der Waals surface area contributed by atoms with Gasteiger partial charge in [-0.15, -0.1) is 0 Å². The molecule has 1 heterocycles. The Balaban J connectivity index is 1.70. The zero-order valence-corrected chi connectivity index (χ0v) is 13.3. The number of nitrogens with zero attached hydrogens (tertiary/aromatic N) is 1. The fourth-order valence-electron chi connectivity index (χ4n) is 2.29. The Morgan fingerprint density at radius 2 is 2.00 bits per heavy atom. The molecule has 0 atom stereocenters. The van der Waals surface area contributed by atoms with Crippen LogP contribution in [-0.4, -0.2) is 56.8 Å². The maximum Gasteiger partial charge on any atom is 0.251 e. The van der Waals surface area contributed by atoms with Crippen LogP contribution in [0.1, 0.15) is 30.1 Å². The number of carbonyl (C=O) groups excluding carboxylic acids is 1. The number of hydrogen-bond acceptors (Lipinski definition) is 4. The van der Waals surface area contributed by atoms with Crippen LogP contribution >= 0.6 is 0 Å². The number of benzene rings is 1. The molecule has 122 valence electrons. The topological polar surface area (TPSA) is 50.8 Å². The first-order valence-corrected chi connectivity index (χ1v) is 8.10. The Hall–Kier alpha value is -1.59. The van der Waals surface area contributed by atoms with Crippen molar-refractivity contribution in [2.24, 2.45) is 0 Å². The molecule has 2 rings (SSSR count). The molecule has 22 heavy (non-hydrogen) atoms. The third-order valence-electron chi connectivity index (χ3n) is 3.70. The molecule has 1 fully saturated rings. The maximum absolute atomic E-state index is 12.1. The van der Waals surface area contributed by atoms with Crippen molar-refractivity contribution in [2.45, 2.75) is 19.8 Å². The van der Waals surface area contributed by atoms with Crippen LogP contribution < -0.4 is 10.1 Å². The van der Waals surface area contributed by atoms with E-state index < -0.39 is 0 Å². The molecule has 5 heteroatoms. The molecule has 0 aliphatic carbocycles. The standard InChI is InChI=1S/C17H26N2O3/c1-2-3-12-22-16-6-4-15(5-7-16)17(20)18-8-9-19-10-13-21-14-11-19/h4-7H,2-3,8-14H2,1H3,(H,18,20). The number of nitrogens with one attached hydrogen (secondary N) is 1. The van der Waals surface area contributed by atoms with Gasteiger partial charge in [-0.25, -0.2) is 0 Å². The Morgan fingerprint density at radius 1 is 1.27 bits per heavy atom. The largest absolute Gasteiger partial charge is 0.494 e. The summed E-state index contributed by atoms with van der Waals surface area (Å²) in [7, 11) is 0. The van der Waals surface area contributed by atoms with E-state index in [1.165, 1.54) is 0 Å². The van der Waals surface area contributed by atoms with E-state index in [-0.39, 0.29) is 5.91 Å². The van der Waals surface area contributed by atoms with Crippen LogP contribution in [0.5, 0.6) is 5.75 Å². The SMILES string of the molecule is CCCCOc1ccc(C(=O)NCCN2CCOCC2)cc1. The average Bonchev–Trinajstić information content (AvgIpc) is 2.56. The predicted molar refractivity (Wildman–Crippen MR) is 86.4 cm³/mol. The molecule has 1 aromatic carbocycles. The van der Waals surface area contributed by atoms with Crippen LogP contribution in [0.15, 0.2) is 24.3 Å². The maximum atomic E-state index is 12.1. The molecule has 1 aromatic rings. The van der Waals surface area contributed by atoms with E-state index in [0.717, 1.165) is 58.0 Å². The van der Waals surface area contributed by atoms with Crippen molar-refractivity contribution in [3.05, 3.63) is 29.8 Å². The van der Waals surface area contributed by atoms with Crippen molar-refractivity contribution in [1.29, 1.82) is 0 Å². The summed E-state index contributed by atoms with van der Waals surface area (Å²) >= 11 is 0. The van der Waals surface area contributed by atoms with Gasteiger partial charge in [0.1, 0.15) is 5.75 Å². The summed E-state index contributed by atoms with van der Waals surface area (Å²) in [5.74, 6) is 0.784. The van der Waals surface area contributed by atoms with Gasteiger partial charge in [0.15, 0.2) is 0 Å². The molecule has 0 radical (unpaired) electrons. The lowest BCUT2D eigenvalue weighted by atomic mass is 10.2. The van der Waals surface area contributed by atoms with Gasteiger partial charge in [0.05, 0.1) is 19.8 Å². The van der Waals surface area contributed by atoms with Crippen LogP contribution in [0.25, 0.3) is 0 Å². The zero-order valence-electron chi connectivity index (χ0n) is 13.3. The molecule has 0 saturated carbocycles. The van der Waals surface area contributed by atoms with Gasteiger partial charge in [-0.05, 0) is 30.7 Å². The predicted octanol–water partition coefficient (Wildman–Crippen LogP) is 1.93. The highest BCUT2D eigenvalue weighted by atomic mass is 16.5. The molecule has 0 aromatic heterocycles. The number of amides is 1. The summed E-state index contributed by atoms with van der Waals surface area (Å²) in [5.41, 5.74) is 0.671. The lowest BCUT2D eigenvalue weighted by molar-refractivity contribution is 0.0383. The van der Waals surface area contributed by atoms with Gasteiger partial charge in [-0.2, -0.15) is 0 Å². The van der Waals surface area contributed by atoms with Crippen molar-refractivity contribution in [3.63, 3.8) is 0 Å². The molecular formula is C17H26N2O3. The van der Waals surface area contributed by atoms with Crippen molar-refractivity contribution in [2.75, 3.05) is 46.0 Å². The molecule has 1 aliphatic rings. The molecule has 1 aliphatic heterocycles. The normalized spacial score (nSPS) is 15.5. The van der Waals surface area contributed by atoms with Crippen LogP contribution in [0.4, 0.5) is 0 Å². The second-order valence-electron chi connectivity index (χ2n) is 5.44. The third kappa shape index (κ3) is 5.66. The smallest absolute Gasteiger partial charge is 0.251 e. The van der Waals surface area contributed by atoms with Gasteiger partial charge in [-0.1, -0.05) is 13.3 Å². The molecule has 1 saturated heterocycles. The highest BCUT2D eigenvalue weighted by Gasteiger charge is 2.10. The summed E-state index contributed by atoms with van der Waals surface area (Å²) in [6, 6.07) is 7.33. The van der Waals surface area contributed by atoms with Crippen molar-refractivity contribution in [1.82, 2.24) is 10.2 Å². The van der Waals surface area contributed by atoms with Crippen molar-refractivity contribution in [3.8, 4) is 5.75 Å². The quantitative estimate of drug-likeness (QED) is 0.746. The molecule has 0 spiro atoms. The monoisotopic (exact) mass is 306 g/mol. The van der Waals surface area contributed by atoms with Crippen molar-refractivity contribution < 1.29 is 14.3 Å². The van der Waals surface area contributed by atoms with Gasteiger partial charge in [-0.3, -0.25) is 9.69 Å². The molecule has 1 amide bonds. The molecule has 1 N–H and O–H groups in total. The fourth-order valence-corrected chi connectivity index (χ4v) is 2.29. The minimum absolute atomic E-state index is 0.0339. The van der Waals surface area contributed by atoms with E-state index in [2.05, 4.69) is 17.1 Å². The van der Waals surface area contributed by atoms with E-state index in [1.807, 2.05) is 24.3 Å². The lowest BCUT2D eigenvalue weighted by Crippen LogP contribution is -2.41. The van der Waals surface area contributed by atoms with E-state index in [9.17, 15) is 4.79 Å². The van der Waals surface area contributed by atoms with E-state index in [1.54, 1.807) is 0 Å². The molecule has 0 bridgehead atoms. The molecule has 0 unspecified atom stereocenters. The van der Waals surface area contributed by atoms with Crippen molar-refractivity contribution >= 4 is 5.91 Å². The van der Waals surface area contributed by atoms with Crippen LogP contribution in [-0.2, 0) is 4.74 Å². The molecule has 5 nitrogen and oxygen atoms in total. The summed E-state index contributed by atoms with van der Waals surface area (Å²) in [6.45, 7) is 7.84. The third-order valence-corrected chi connectivity index (χ3v) is 3.70. The number of unbranched alkanes of at least 4 members (excludes halogenated alkanes) is 1. The number of morpholine rings is 1. The molecular weight excluding hydrogens is 280 g/mol. The van der Waals surface area contributed by atoms with Crippen LogP contribution in [0.2, 0.25) is 0 Å². The van der Waals surface area contributed by atoms with E-state index in [0.29, 0.717) is 12.1 Å². The zero-order chi connectivity index (χ0) is 15.6. The fraction of sp³-hybridized carbons (Fsp3) is 0.588. The first kappa shape index (κ1) is 16.8. The van der Waals surface area contributed by atoms with E-state index in [4.69, 9.17) is 9.47 Å². The Labute approximate surface area is 132 Å². The second kappa shape index (κ2) is 9.43. The highest BCUT2D eigenvalue weighted by Crippen LogP contribution is 2.12. The Kier molecular flexibility index (Phi) is 7.19.